The number of anilines is 1. The Morgan fingerprint density at radius 3 is 2.94 bits per heavy atom. The first-order valence-corrected chi connectivity index (χ1v) is 7.07. The molecule has 94 valence electrons. The minimum atomic E-state index is 0.198. The Labute approximate surface area is 111 Å². The number of fused-ring (bicyclic) bond motifs is 1. The lowest BCUT2D eigenvalue weighted by atomic mass is 10.2. The van der Waals surface area contributed by atoms with Crippen LogP contribution in [0.3, 0.4) is 0 Å². The maximum atomic E-state index is 4.42. The highest BCUT2D eigenvalue weighted by molar-refractivity contribution is 7.11. The van der Waals surface area contributed by atoms with Crippen molar-refractivity contribution in [3.63, 3.8) is 0 Å². The molecule has 0 fully saturated rings. The molecule has 5 heteroatoms. The number of hydrogen-bond donors (Lipinski definition) is 1. The first-order chi connectivity index (χ1) is 8.74. The Morgan fingerprint density at radius 1 is 1.28 bits per heavy atom. The Balaban J connectivity index is 1.83. The van der Waals surface area contributed by atoms with Crippen LogP contribution in [-0.2, 0) is 12.8 Å². The normalized spacial score (nSPS) is 15.4. The third-order valence-electron chi connectivity index (χ3n) is 3.24. The molecule has 0 aromatic carbocycles. The summed E-state index contributed by atoms with van der Waals surface area (Å²) in [5.74, 6) is 0.984. The second kappa shape index (κ2) is 4.65. The van der Waals surface area contributed by atoms with Gasteiger partial charge in [-0.1, -0.05) is 0 Å². The molecule has 0 aliphatic heterocycles. The SMILES string of the molecule is Cc1cnc(C(C)Nc2ncnc3c2CCC3)s1. The Morgan fingerprint density at radius 2 is 2.17 bits per heavy atom. The molecule has 2 aromatic heterocycles. The molecule has 18 heavy (non-hydrogen) atoms. The van der Waals surface area contributed by atoms with Gasteiger partial charge in [0.2, 0.25) is 0 Å². The number of aryl methyl sites for hydroxylation is 2. The van der Waals surface area contributed by atoms with Crippen LogP contribution >= 0.6 is 11.3 Å². The van der Waals surface area contributed by atoms with E-state index >= 15 is 0 Å². The van der Waals surface area contributed by atoms with Crippen molar-refractivity contribution in [2.24, 2.45) is 0 Å². The number of aromatic nitrogens is 3. The van der Waals surface area contributed by atoms with E-state index < -0.39 is 0 Å². The van der Waals surface area contributed by atoms with E-state index in [1.165, 1.54) is 22.6 Å². The fraction of sp³-hybridized carbons (Fsp3) is 0.462. The molecular formula is C13H16N4S. The van der Waals surface area contributed by atoms with Gasteiger partial charge in [-0.2, -0.15) is 0 Å². The summed E-state index contributed by atoms with van der Waals surface area (Å²) in [5, 5.41) is 4.58. The van der Waals surface area contributed by atoms with Crippen LogP contribution in [0.1, 0.15) is 40.5 Å². The number of thiazole rings is 1. The van der Waals surface area contributed by atoms with E-state index in [-0.39, 0.29) is 6.04 Å². The molecule has 1 N–H and O–H groups in total. The largest absolute Gasteiger partial charge is 0.361 e. The van der Waals surface area contributed by atoms with Gasteiger partial charge in [-0.3, -0.25) is 0 Å². The van der Waals surface area contributed by atoms with Crippen LogP contribution in [0.15, 0.2) is 12.5 Å². The Hall–Kier alpha value is -1.49. The summed E-state index contributed by atoms with van der Waals surface area (Å²) >= 11 is 1.73. The molecule has 1 aliphatic rings. The molecule has 4 nitrogen and oxygen atoms in total. The van der Waals surface area contributed by atoms with Gasteiger partial charge in [-0.25, -0.2) is 15.0 Å². The van der Waals surface area contributed by atoms with E-state index in [4.69, 9.17) is 0 Å². The molecule has 1 unspecified atom stereocenters. The van der Waals surface area contributed by atoms with Crippen LogP contribution in [0.25, 0.3) is 0 Å². The summed E-state index contributed by atoms with van der Waals surface area (Å²) in [4.78, 5) is 14.4. The molecule has 0 radical (unpaired) electrons. The number of hydrogen-bond acceptors (Lipinski definition) is 5. The zero-order valence-corrected chi connectivity index (χ0v) is 11.4. The fourth-order valence-electron chi connectivity index (χ4n) is 2.32. The molecule has 0 saturated heterocycles. The van der Waals surface area contributed by atoms with E-state index in [1.54, 1.807) is 17.7 Å². The second-order valence-electron chi connectivity index (χ2n) is 4.68. The summed E-state index contributed by atoms with van der Waals surface area (Å²) in [6.45, 7) is 4.21. The van der Waals surface area contributed by atoms with E-state index in [2.05, 4.69) is 34.1 Å². The summed E-state index contributed by atoms with van der Waals surface area (Å²) in [7, 11) is 0. The maximum absolute atomic E-state index is 4.42. The Kier molecular flexibility index (Phi) is 2.99. The van der Waals surface area contributed by atoms with Gasteiger partial charge in [0, 0.05) is 22.3 Å². The maximum Gasteiger partial charge on any atom is 0.133 e. The summed E-state index contributed by atoms with van der Waals surface area (Å²) in [5.41, 5.74) is 2.49. The molecule has 0 amide bonds. The standard InChI is InChI=1S/C13H16N4S/c1-8-6-14-13(18-8)9(2)17-12-10-4-3-5-11(10)15-7-16-12/h6-7,9H,3-5H2,1-2H3,(H,15,16,17). The van der Waals surface area contributed by atoms with Gasteiger partial charge in [-0.05, 0) is 33.1 Å². The molecule has 2 heterocycles. The first kappa shape index (κ1) is 11.6. The third kappa shape index (κ3) is 2.10. The number of nitrogens with one attached hydrogen (secondary N) is 1. The van der Waals surface area contributed by atoms with Gasteiger partial charge >= 0.3 is 0 Å². The van der Waals surface area contributed by atoms with Crippen molar-refractivity contribution in [3.8, 4) is 0 Å². The van der Waals surface area contributed by atoms with Crippen LogP contribution in [-0.4, -0.2) is 15.0 Å². The topological polar surface area (TPSA) is 50.7 Å². The summed E-state index contributed by atoms with van der Waals surface area (Å²) in [6, 6.07) is 0.198. The number of nitrogens with zero attached hydrogens (tertiary/aromatic N) is 3. The minimum Gasteiger partial charge on any atom is -0.361 e. The molecule has 0 saturated carbocycles. The van der Waals surface area contributed by atoms with Crippen molar-refractivity contribution in [2.45, 2.75) is 39.2 Å². The van der Waals surface area contributed by atoms with Crippen molar-refractivity contribution in [3.05, 3.63) is 33.7 Å². The van der Waals surface area contributed by atoms with Crippen molar-refractivity contribution >= 4 is 17.2 Å². The molecular weight excluding hydrogens is 244 g/mol. The van der Waals surface area contributed by atoms with E-state index in [1.807, 2.05) is 6.20 Å². The average molecular weight is 260 g/mol. The van der Waals surface area contributed by atoms with Crippen molar-refractivity contribution in [1.29, 1.82) is 0 Å². The highest BCUT2D eigenvalue weighted by atomic mass is 32.1. The Bertz CT molecular complexity index is 564. The summed E-state index contributed by atoms with van der Waals surface area (Å²) in [6.07, 6.45) is 6.93. The highest BCUT2D eigenvalue weighted by Gasteiger charge is 2.19. The van der Waals surface area contributed by atoms with E-state index in [0.29, 0.717) is 0 Å². The van der Waals surface area contributed by atoms with Gasteiger partial charge < -0.3 is 5.32 Å². The smallest absolute Gasteiger partial charge is 0.133 e. The lowest BCUT2D eigenvalue weighted by Crippen LogP contribution is -2.10. The monoisotopic (exact) mass is 260 g/mol. The molecule has 1 atom stereocenters. The molecule has 2 aromatic rings. The van der Waals surface area contributed by atoms with Crippen LogP contribution in [0, 0.1) is 6.92 Å². The van der Waals surface area contributed by atoms with E-state index in [9.17, 15) is 0 Å². The lowest BCUT2D eigenvalue weighted by Gasteiger charge is -2.14. The quantitative estimate of drug-likeness (QED) is 0.922. The molecule has 1 aliphatic carbocycles. The van der Waals surface area contributed by atoms with Crippen molar-refractivity contribution < 1.29 is 0 Å². The first-order valence-electron chi connectivity index (χ1n) is 6.25. The summed E-state index contributed by atoms with van der Waals surface area (Å²) < 4.78 is 0. The predicted molar refractivity (Wildman–Crippen MR) is 72.9 cm³/mol. The van der Waals surface area contributed by atoms with Crippen LogP contribution in [0.4, 0.5) is 5.82 Å². The lowest BCUT2D eigenvalue weighted by molar-refractivity contribution is 0.851. The zero-order chi connectivity index (χ0) is 12.5. The van der Waals surface area contributed by atoms with Crippen molar-refractivity contribution in [2.75, 3.05) is 5.32 Å². The third-order valence-corrected chi connectivity index (χ3v) is 4.33. The van der Waals surface area contributed by atoms with Gasteiger partial charge in [0.15, 0.2) is 0 Å². The zero-order valence-electron chi connectivity index (χ0n) is 10.6. The van der Waals surface area contributed by atoms with Gasteiger partial charge in [0.25, 0.3) is 0 Å². The van der Waals surface area contributed by atoms with Crippen LogP contribution < -0.4 is 5.32 Å². The second-order valence-corrected chi connectivity index (χ2v) is 5.94. The van der Waals surface area contributed by atoms with Crippen molar-refractivity contribution in [1.82, 2.24) is 15.0 Å². The molecule has 0 bridgehead atoms. The van der Waals surface area contributed by atoms with Crippen LogP contribution in [0.2, 0.25) is 0 Å². The van der Waals surface area contributed by atoms with E-state index in [0.717, 1.165) is 23.7 Å². The number of rotatable bonds is 3. The highest BCUT2D eigenvalue weighted by Crippen LogP contribution is 2.28. The van der Waals surface area contributed by atoms with Gasteiger partial charge in [0.1, 0.15) is 17.2 Å². The average Bonchev–Trinajstić information content (AvgIpc) is 2.97. The van der Waals surface area contributed by atoms with Gasteiger partial charge in [-0.15, -0.1) is 11.3 Å². The van der Waals surface area contributed by atoms with Crippen LogP contribution in [0.5, 0.6) is 0 Å². The van der Waals surface area contributed by atoms with Gasteiger partial charge in [0.05, 0.1) is 6.04 Å². The molecule has 0 spiro atoms. The predicted octanol–water partition coefficient (Wildman–Crippen LogP) is 2.90. The molecule has 3 rings (SSSR count). The minimum absolute atomic E-state index is 0.198. The fourth-order valence-corrected chi connectivity index (χ4v) is 3.10.